The normalized spacial score (nSPS) is 14.6. The maximum atomic E-state index is 4.08. The number of benzene rings is 1. The number of nitrogens with one attached hydrogen (secondary N) is 1. The third kappa shape index (κ3) is 0.882. The van der Waals surface area contributed by atoms with E-state index in [4.69, 9.17) is 0 Å². The number of H-pyrrole nitrogens is 1. The van der Waals surface area contributed by atoms with Crippen molar-refractivity contribution in [2.75, 3.05) is 0 Å². The highest BCUT2D eigenvalue weighted by atomic mass is 15.1. The van der Waals surface area contributed by atoms with E-state index >= 15 is 0 Å². The molecule has 0 saturated heterocycles. The molecule has 3 rings (SSSR count). The van der Waals surface area contributed by atoms with Crippen molar-refractivity contribution in [3.8, 4) is 0 Å². The van der Waals surface area contributed by atoms with E-state index in [0.29, 0.717) is 0 Å². The van der Waals surface area contributed by atoms with E-state index in [1.54, 1.807) is 0 Å². The molecule has 0 bridgehead atoms. The Kier molecular flexibility index (Phi) is 1.38. The highest BCUT2D eigenvalue weighted by molar-refractivity contribution is 5.87. The molecule has 0 spiro atoms. The first-order valence-corrected chi connectivity index (χ1v) is 4.88. The van der Waals surface area contributed by atoms with E-state index in [2.05, 4.69) is 36.2 Å². The van der Waals surface area contributed by atoms with Gasteiger partial charge in [-0.3, -0.25) is 5.10 Å². The summed E-state index contributed by atoms with van der Waals surface area (Å²) in [5, 5.41) is 8.36. The molecule has 0 atom stereocenters. The lowest BCUT2D eigenvalue weighted by Gasteiger charge is -2.04. The molecule has 70 valence electrons. The monoisotopic (exact) mass is 184 g/mol. The molecule has 1 aromatic heterocycles. The largest absolute Gasteiger partial charge is 0.278 e. The Hall–Kier alpha value is -1.57. The van der Waals surface area contributed by atoms with Gasteiger partial charge in [-0.05, 0) is 43.0 Å². The zero-order chi connectivity index (χ0) is 9.71. The molecule has 0 radical (unpaired) electrons. The van der Waals surface area contributed by atoms with Gasteiger partial charge in [0.25, 0.3) is 0 Å². The Balaban J connectivity index is 2.41. The Bertz CT molecular complexity index is 547. The summed E-state index contributed by atoms with van der Waals surface area (Å²) in [5.74, 6) is 0. The number of allylic oxidation sites excluding steroid dienone is 1. The van der Waals surface area contributed by atoms with Gasteiger partial charge in [-0.25, -0.2) is 0 Å². The van der Waals surface area contributed by atoms with Crippen LogP contribution in [0.2, 0.25) is 0 Å². The lowest BCUT2D eigenvalue weighted by Crippen LogP contribution is -1.89. The average molecular weight is 184 g/mol. The molecule has 0 amide bonds. The van der Waals surface area contributed by atoms with Crippen LogP contribution in [0.25, 0.3) is 17.0 Å². The van der Waals surface area contributed by atoms with Gasteiger partial charge in [0.15, 0.2) is 0 Å². The van der Waals surface area contributed by atoms with Crippen molar-refractivity contribution < 1.29 is 0 Å². The second kappa shape index (κ2) is 2.47. The first-order valence-electron chi connectivity index (χ1n) is 4.88. The van der Waals surface area contributed by atoms with Gasteiger partial charge in [0.2, 0.25) is 0 Å². The van der Waals surface area contributed by atoms with Crippen molar-refractivity contribution in [1.29, 1.82) is 0 Å². The minimum atomic E-state index is 1.10. The van der Waals surface area contributed by atoms with E-state index in [0.717, 1.165) is 11.9 Å². The van der Waals surface area contributed by atoms with E-state index < -0.39 is 0 Å². The van der Waals surface area contributed by atoms with Crippen molar-refractivity contribution in [3.05, 3.63) is 34.5 Å². The Morgan fingerprint density at radius 2 is 2.21 bits per heavy atom. The molecule has 2 aromatic rings. The van der Waals surface area contributed by atoms with Crippen molar-refractivity contribution in [3.63, 3.8) is 0 Å². The van der Waals surface area contributed by atoms with Crippen LogP contribution in [0.1, 0.15) is 23.6 Å². The molecule has 0 unspecified atom stereocenters. The summed E-state index contributed by atoms with van der Waals surface area (Å²) in [6.07, 6.45) is 5.28. The molecule has 14 heavy (non-hydrogen) atoms. The highest BCUT2D eigenvalue weighted by Gasteiger charge is 2.15. The average Bonchev–Trinajstić information content (AvgIpc) is 2.71. The van der Waals surface area contributed by atoms with Crippen molar-refractivity contribution in [2.45, 2.75) is 20.3 Å². The summed E-state index contributed by atoms with van der Waals surface area (Å²) >= 11 is 0. The van der Waals surface area contributed by atoms with Gasteiger partial charge in [-0.15, -0.1) is 0 Å². The topological polar surface area (TPSA) is 28.7 Å². The summed E-state index contributed by atoms with van der Waals surface area (Å²) < 4.78 is 0. The van der Waals surface area contributed by atoms with Crippen LogP contribution in [0, 0.1) is 6.92 Å². The molecule has 1 aliphatic rings. The number of rotatable bonds is 0. The number of aromatic nitrogens is 2. The van der Waals surface area contributed by atoms with Crippen LogP contribution in [0.3, 0.4) is 0 Å². The quantitative estimate of drug-likeness (QED) is 0.670. The van der Waals surface area contributed by atoms with Crippen LogP contribution in [-0.4, -0.2) is 10.2 Å². The summed E-state index contributed by atoms with van der Waals surface area (Å²) in [7, 11) is 0. The van der Waals surface area contributed by atoms with Crippen LogP contribution < -0.4 is 0 Å². The summed E-state index contributed by atoms with van der Waals surface area (Å²) in [4.78, 5) is 0. The van der Waals surface area contributed by atoms with E-state index in [1.807, 2.05) is 6.20 Å². The molecule has 1 heterocycles. The molecule has 0 saturated carbocycles. The standard InChI is InChI=1S/C12H12N2/c1-7-3-9-5-12-11(6-13-14-12)8(2)10(9)4-7/h3,5-6H,4H2,1-2H3,(H,13,14). The van der Waals surface area contributed by atoms with Crippen LogP contribution in [-0.2, 0) is 6.42 Å². The first kappa shape index (κ1) is 7.80. The van der Waals surface area contributed by atoms with Crippen LogP contribution in [0.15, 0.2) is 17.8 Å². The minimum Gasteiger partial charge on any atom is -0.278 e. The second-order valence-corrected chi connectivity index (χ2v) is 4.07. The van der Waals surface area contributed by atoms with Crippen LogP contribution >= 0.6 is 0 Å². The third-order valence-corrected chi connectivity index (χ3v) is 3.03. The SMILES string of the molecule is CC1=Cc2cc3[nH]ncc3c(C)c2C1. The van der Waals surface area contributed by atoms with Gasteiger partial charge in [0.05, 0.1) is 11.7 Å². The predicted octanol–water partition coefficient (Wildman–Crippen LogP) is 2.83. The zero-order valence-corrected chi connectivity index (χ0v) is 8.39. The number of fused-ring (bicyclic) bond motifs is 2. The smallest absolute Gasteiger partial charge is 0.0659 e. The Morgan fingerprint density at radius 1 is 1.36 bits per heavy atom. The number of aryl methyl sites for hydroxylation is 1. The van der Waals surface area contributed by atoms with Crippen molar-refractivity contribution in [2.24, 2.45) is 0 Å². The highest BCUT2D eigenvalue weighted by Crippen LogP contribution is 2.31. The van der Waals surface area contributed by atoms with E-state index in [1.165, 1.54) is 27.6 Å². The number of aromatic amines is 1. The molecule has 0 fully saturated rings. The summed E-state index contributed by atoms with van der Waals surface area (Å²) in [6, 6.07) is 2.20. The Labute approximate surface area is 82.6 Å². The van der Waals surface area contributed by atoms with E-state index in [-0.39, 0.29) is 0 Å². The lowest BCUT2D eigenvalue weighted by atomic mass is 10.00. The maximum absolute atomic E-state index is 4.08. The molecular formula is C12H12N2. The fourth-order valence-electron chi connectivity index (χ4n) is 2.29. The lowest BCUT2D eigenvalue weighted by molar-refractivity contribution is 1.12. The third-order valence-electron chi connectivity index (χ3n) is 3.03. The molecule has 1 aliphatic carbocycles. The van der Waals surface area contributed by atoms with Gasteiger partial charge in [0, 0.05) is 5.39 Å². The molecule has 1 N–H and O–H groups in total. The maximum Gasteiger partial charge on any atom is 0.0659 e. The van der Waals surface area contributed by atoms with Gasteiger partial charge < -0.3 is 0 Å². The number of hydrogen-bond acceptors (Lipinski definition) is 1. The van der Waals surface area contributed by atoms with Crippen LogP contribution in [0.5, 0.6) is 0 Å². The predicted molar refractivity (Wildman–Crippen MR) is 58.2 cm³/mol. The van der Waals surface area contributed by atoms with Gasteiger partial charge in [0.1, 0.15) is 0 Å². The van der Waals surface area contributed by atoms with E-state index in [9.17, 15) is 0 Å². The number of nitrogens with zero attached hydrogens (tertiary/aromatic N) is 1. The molecule has 2 nitrogen and oxygen atoms in total. The fraction of sp³-hybridized carbons (Fsp3) is 0.250. The number of hydrogen-bond donors (Lipinski definition) is 1. The van der Waals surface area contributed by atoms with Crippen molar-refractivity contribution in [1.82, 2.24) is 10.2 Å². The van der Waals surface area contributed by atoms with Gasteiger partial charge >= 0.3 is 0 Å². The molecule has 0 aliphatic heterocycles. The second-order valence-electron chi connectivity index (χ2n) is 4.07. The molecule has 2 heteroatoms. The summed E-state index contributed by atoms with van der Waals surface area (Å²) in [5.41, 5.74) is 6.79. The Morgan fingerprint density at radius 3 is 3.07 bits per heavy atom. The molecule has 1 aromatic carbocycles. The fourth-order valence-corrected chi connectivity index (χ4v) is 2.29. The molecular weight excluding hydrogens is 172 g/mol. The zero-order valence-electron chi connectivity index (χ0n) is 8.39. The van der Waals surface area contributed by atoms with Crippen molar-refractivity contribution >= 4 is 17.0 Å². The minimum absolute atomic E-state index is 1.10. The van der Waals surface area contributed by atoms with Gasteiger partial charge in [-0.2, -0.15) is 5.10 Å². The van der Waals surface area contributed by atoms with Crippen LogP contribution in [0.4, 0.5) is 0 Å². The summed E-state index contributed by atoms with van der Waals surface area (Å²) in [6.45, 7) is 4.37. The van der Waals surface area contributed by atoms with Gasteiger partial charge in [-0.1, -0.05) is 11.6 Å². The first-order chi connectivity index (χ1) is 6.75.